The monoisotopic (exact) mass is 338 g/mol. The second-order valence-corrected chi connectivity index (χ2v) is 8.05. The van der Waals surface area contributed by atoms with Gasteiger partial charge in [-0.15, -0.1) is 4.31 Å². The third kappa shape index (κ3) is 3.27. The first-order chi connectivity index (χ1) is 11.0. The number of rotatable bonds is 3. The highest BCUT2D eigenvalue weighted by molar-refractivity contribution is 7.95. The average molecular weight is 338 g/mol. The van der Waals surface area contributed by atoms with E-state index in [1.165, 1.54) is 0 Å². The number of carbonyl (C=O) groups is 1. The molecule has 6 nitrogen and oxygen atoms in total. The number of para-hydroxylation sites is 1. The van der Waals surface area contributed by atoms with Crippen molar-refractivity contribution in [1.82, 2.24) is 9.21 Å². The van der Waals surface area contributed by atoms with Gasteiger partial charge in [-0.25, -0.2) is 0 Å². The van der Waals surface area contributed by atoms with E-state index in [0.717, 1.165) is 0 Å². The summed E-state index contributed by atoms with van der Waals surface area (Å²) in [4.78, 5) is 14.4. The van der Waals surface area contributed by atoms with Gasteiger partial charge in [0.1, 0.15) is 21.9 Å². The van der Waals surface area contributed by atoms with Crippen LogP contribution in [0.15, 0.2) is 24.3 Å². The van der Waals surface area contributed by atoms with E-state index >= 15 is 0 Å². The number of piperidine rings is 1. The summed E-state index contributed by atoms with van der Waals surface area (Å²) in [5, 5.41) is 0. The quantitative estimate of drug-likeness (QED) is 0.784. The molecule has 23 heavy (non-hydrogen) atoms. The minimum Gasteiger partial charge on any atom is -0.598 e. The van der Waals surface area contributed by atoms with Crippen LogP contribution in [0.3, 0.4) is 0 Å². The maximum absolute atomic E-state index is 12.6. The van der Waals surface area contributed by atoms with E-state index in [0.29, 0.717) is 50.2 Å². The number of methoxy groups -OCH3 is 1. The molecule has 0 saturated carbocycles. The molecule has 7 heteroatoms. The maximum atomic E-state index is 12.6. The van der Waals surface area contributed by atoms with Gasteiger partial charge < -0.3 is 14.2 Å². The molecule has 2 heterocycles. The normalized spacial score (nSPS) is 26.4. The molecule has 0 bridgehead atoms. The Bertz CT molecular complexity index is 628. The van der Waals surface area contributed by atoms with Crippen LogP contribution in [0.25, 0.3) is 0 Å². The average Bonchev–Trinajstić information content (AvgIpc) is 2.93. The molecular formula is C16H22N2O4S. The zero-order valence-electron chi connectivity index (χ0n) is 13.3. The Morgan fingerprint density at radius 3 is 2.57 bits per heavy atom. The number of amides is 1. The summed E-state index contributed by atoms with van der Waals surface area (Å²) < 4.78 is 30.9. The molecule has 2 fully saturated rings. The summed E-state index contributed by atoms with van der Waals surface area (Å²) >= 11 is 0. The molecule has 0 N–H and O–H groups in total. The van der Waals surface area contributed by atoms with E-state index in [-0.39, 0.29) is 17.7 Å². The van der Waals surface area contributed by atoms with Crippen molar-refractivity contribution in [3.05, 3.63) is 29.8 Å². The van der Waals surface area contributed by atoms with E-state index in [9.17, 15) is 13.6 Å². The number of hydrogen-bond donors (Lipinski definition) is 0. The van der Waals surface area contributed by atoms with Gasteiger partial charge in [-0.05, 0) is 25.0 Å². The van der Waals surface area contributed by atoms with Crippen molar-refractivity contribution in [2.24, 2.45) is 0 Å². The minimum atomic E-state index is -3.08. The Morgan fingerprint density at radius 1 is 1.26 bits per heavy atom. The van der Waals surface area contributed by atoms with Crippen molar-refractivity contribution in [2.45, 2.75) is 25.3 Å². The summed E-state index contributed by atoms with van der Waals surface area (Å²) in [5.41, 5.74) is 0.558. The second kappa shape index (κ2) is 6.59. The number of sulfonamides is 1. The minimum absolute atomic E-state index is 0.0317. The van der Waals surface area contributed by atoms with Gasteiger partial charge in [-0.1, -0.05) is 16.3 Å². The molecule has 1 aromatic rings. The summed E-state index contributed by atoms with van der Waals surface area (Å²) in [6.07, 6.45) is 2.10. The van der Waals surface area contributed by atoms with E-state index in [2.05, 4.69) is 0 Å². The molecule has 2 aliphatic rings. The first-order valence-electron chi connectivity index (χ1n) is 7.95. The first kappa shape index (κ1) is 16.4. The van der Waals surface area contributed by atoms with Gasteiger partial charge in [-0.3, -0.25) is 4.79 Å². The molecule has 1 unspecified atom stereocenters. The largest absolute Gasteiger partial charge is 0.598 e. The Kier molecular flexibility index (Phi) is 4.70. The van der Waals surface area contributed by atoms with Crippen LogP contribution in [0.5, 0.6) is 5.75 Å². The molecule has 1 atom stereocenters. The molecule has 1 aromatic carbocycles. The van der Waals surface area contributed by atoms with Gasteiger partial charge in [0.05, 0.1) is 18.7 Å². The lowest BCUT2D eigenvalue weighted by molar-refractivity contribution is 0.0676. The van der Waals surface area contributed by atoms with Crippen LogP contribution < -0.4 is 4.74 Å². The second-order valence-electron chi connectivity index (χ2n) is 6.00. The molecule has 2 aliphatic heterocycles. The van der Waals surface area contributed by atoms with Crippen LogP contribution in [0.4, 0.5) is 0 Å². The third-order valence-electron chi connectivity index (χ3n) is 4.63. The van der Waals surface area contributed by atoms with Crippen molar-refractivity contribution < 1.29 is 18.3 Å². The summed E-state index contributed by atoms with van der Waals surface area (Å²) in [7, 11) is -1.53. The zero-order chi connectivity index (χ0) is 16.4. The molecule has 0 aromatic heterocycles. The topological polar surface area (TPSA) is 72.9 Å². The molecule has 126 valence electrons. The number of benzene rings is 1. The molecular weight excluding hydrogens is 316 g/mol. The standard InChI is InChI=1S/C16H22N2O4S/c1-22-15-6-3-2-5-14(15)16(19)17-10-7-13(8-11-17)18-9-4-12-23(18,20)21/h2-3,5-6,13H,4,7-12H2,1H3. The predicted octanol–water partition coefficient (Wildman–Crippen LogP) is 1.55. The molecule has 0 spiro atoms. The Labute approximate surface area is 137 Å². The van der Waals surface area contributed by atoms with Crippen LogP contribution in [-0.2, 0) is 14.6 Å². The number of nitrogens with zero attached hydrogens (tertiary/aromatic N) is 2. The molecule has 2 saturated heterocycles. The van der Waals surface area contributed by atoms with E-state index in [1.54, 1.807) is 28.4 Å². The lowest BCUT2D eigenvalue weighted by atomic mass is 10.0. The van der Waals surface area contributed by atoms with Crippen LogP contribution in [0, 0.1) is 0 Å². The summed E-state index contributed by atoms with van der Waals surface area (Å²) in [6, 6.07) is 7.22. The van der Waals surface area contributed by atoms with Gasteiger partial charge in [0.2, 0.25) is 0 Å². The molecule has 0 radical (unpaired) electrons. The maximum Gasteiger partial charge on any atom is 0.257 e. The van der Waals surface area contributed by atoms with Gasteiger partial charge >= 0.3 is 0 Å². The van der Waals surface area contributed by atoms with Crippen LogP contribution in [0.2, 0.25) is 0 Å². The zero-order valence-corrected chi connectivity index (χ0v) is 14.1. The smallest absolute Gasteiger partial charge is 0.257 e. The van der Waals surface area contributed by atoms with Gasteiger partial charge in [0.25, 0.3) is 5.91 Å². The SMILES string of the molecule is COc1ccccc1C(=O)N1CCC(N2CCC[S+]2(=O)[O-])CC1. The Hall–Kier alpha value is -1.44. The van der Waals surface area contributed by atoms with E-state index < -0.39 is 10.4 Å². The highest BCUT2D eigenvalue weighted by Crippen LogP contribution is 2.28. The predicted molar refractivity (Wildman–Crippen MR) is 86.9 cm³/mol. The number of ether oxygens (including phenoxy) is 1. The van der Waals surface area contributed by atoms with E-state index in [1.807, 2.05) is 12.1 Å². The van der Waals surface area contributed by atoms with Crippen molar-refractivity contribution in [3.63, 3.8) is 0 Å². The van der Waals surface area contributed by atoms with Crippen molar-refractivity contribution in [1.29, 1.82) is 0 Å². The summed E-state index contributed by atoms with van der Waals surface area (Å²) in [5.74, 6) is 0.778. The lowest BCUT2D eigenvalue weighted by Gasteiger charge is -2.36. The van der Waals surface area contributed by atoms with Crippen LogP contribution >= 0.6 is 0 Å². The molecule has 0 aliphatic carbocycles. The van der Waals surface area contributed by atoms with Gasteiger partial charge in [0.15, 0.2) is 0 Å². The van der Waals surface area contributed by atoms with Crippen molar-refractivity contribution >= 4 is 16.3 Å². The molecule has 1 amide bonds. The number of carbonyl (C=O) groups excluding carboxylic acids is 1. The first-order valence-corrected chi connectivity index (χ1v) is 9.55. The lowest BCUT2D eigenvalue weighted by Crippen LogP contribution is -2.48. The van der Waals surface area contributed by atoms with Crippen molar-refractivity contribution in [2.75, 3.05) is 32.5 Å². The Morgan fingerprint density at radius 2 is 1.96 bits per heavy atom. The Balaban J connectivity index is 1.65. The number of hydrogen-bond acceptors (Lipinski definition) is 4. The highest BCUT2D eigenvalue weighted by Gasteiger charge is 2.40. The summed E-state index contributed by atoms with van der Waals surface area (Å²) in [6.45, 7) is 1.77. The van der Waals surface area contributed by atoms with Gasteiger partial charge in [-0.2, -0.15) is 0 Å². The highest BCUT2D eigenvalue weighted by atomic mass is 32.3. The van der Waals surface area contributed by atoms with Crippen LogP contribution in [0.1, 0.15) is 29.6 Å². The fraction of sp³-hybridized carbons (Fsp3) is 0.562. The fourth-order valence-corrected chi connectivity index (χ4v) is 5.22. The fourth-order valence-electron chi connectivity index (χ4n) is 3.42. The van der Waals surface area contributed by atoms with E-state index in [4.69, 9.17) is 4.74 Å². The number of likely N-dealkylation sites (tertiary alicyclic amines) is 1. The molecule has 3 rings (SSSR count). The van der Waals surface area contributed by atoms with Gasteiger partial charge in [0, 0.05) is 26.1 Å². The third-order valence-corrected chi connectivity index (χ3v) is 6.63. The van der Waals surface area contributed by atoms with Crippen LogP contribution in [-0.4, -0.2) is 58.2 Å². The van der Waals surface area contributed by atoms with Crippen molar-refractivity contribution in [3.8, 4) is 5.75 Å².